The van der Waals surface area contributed by atoms with Crippen LogP contribution in [0, 0.1) is 0 Å². The average Bonchev–Trinajstić information content (AvgIpc) is 2.71. The highest BCUT2D eigenvalue weighted by Gasteiger charge is 2.26. The first-order valence-corrected chi connectivity index (χ1v) is 5.27. The van der Waals surface area contributed by atoms with Crippen molar-refractivity contribution in [1.82, 2.24) is 0 Å². The van der Waals surface area contributed by atoms with Gasteiger partial charge in [-0.05, 0) is 18.2 Å². The van der Waals surface area contributed by atoms with Gasteiger partial charge < -0.3 is 4.74 Å². The molecular weight excluding hydrogens is 244 g/mol. The monoisotopic (exact) mass is 250 g/mol. The van der Waals surface area contributed by atoms with Gasteiger partial charge >= 0.3 is 0 Å². The fourth-order valence-corrected chi connectivity index (χ4v) is 2.55. The molecule has 1 aliphatic heterocycles. The number of ether oxygens (including phenoxy) is 1. The van der Waals surface area contributed by atoms with E-state index in [1.54, 1.807) is 6.08 Å². The number of ketones is 1. The van der Waals surface area contributed by atoms with E-state index >= 15 is 0 Å². The Labute approximate surface area is 89.7 Å². The molecule has 0 radical (unpaired) electrons. The highest BCUT2D eigenvalue weighted by Crippen LogP contribution is 2.39. The molecule has 0 unspecified atom stereocenters. The molecule has 0 spiro atoms. The van der Waals surface area contributed by atoms with E-state index in [-0.39, 0.29) is 5.78 Å². The first-order valence-electron chi connectivity index (χ1n) is 4.48. The van der Waals surface area contributed by atoms with Crippen molar-refractivity contribution in [3.63, 3.8) is 0 Å². The summed E-state index contributed by atoms with van der Waals surface area (Å²) in [6, 6.07) is 1.95. The van der Waals surface area contributed by atoms with Crippen molar-refractivity contribution >= 4 is 27.8 Å². The van der Waals surface area contributed by atoms with Crippen molar-refractivity contribution in [3.8, 4) is 5.75 Å². The van der Waals surface area contributed by atoms with Crippen LogP contribution in [-0.2, 0) is 6.42 Å². The van der Waals surface area contributed by atoms with Crippen molar-refractivity contribution in [2.75, 3.05) is 6.61 Å². The summed E-state index contributed by atoms with van der Waals surface area (Å²) in [7, 11) is 0. The lowest BCUT2D eigenvalue weighted by Crippen LogP contribution is -1.98. The summed E-state index contributed by atoms with van der Waals surface area (Å²) < 4.78 is 6.38. The van der Waals surface area contributed by atoms with Gasteiger partial charge in [-0.3, -0.25) is 4.79 Å². The maximum atomic E-state index is 11.6. The van der Waals surface area contributed by atoms with Crippen LogP contribution in [0.2, 0.25) is 0 Å². The first-order chi connectivity index (χ1) is 6.77. The normalized spacial score (nSPS) is 16.8. The summed E-state index contributed by atoms with van der Waals surface area (Å²) in [5.74, 6) is 0.954. The van der Waals surface area contributed by atoms with Crippen LogP contribution in [0.5, 0.6) is 5.75 Å². The molecule has 3 heteroatoms. The molecular formula is C11H7BrO2. The fraction of sp³-hybridized carbons (Fsp3) is 0.182. The number of carbonyl (C=O) groups is 1. The van der Waals surface area contributed by atoms with Crippen LogP contribution < -0.4 is 4.74 Å². The van der Waals surface area contributed by atoms with Gasteiger partial charge in [0.25, 0.3) is 0 Å². The number of rotatable bonds is 0. The Hall–Kier alpha value is -1.09. The van der Waals surface area contributed by atoms with Gasteiger partial charge in [0, 0.05) is 27.6 Å². The lowest BCUT2D eigenvalue weighted by molar-refractivity contribution is 0.104. The Bertz CT molecular complexity index is 475. The van der Waals surface area contributed by atoms with E-state index in [0.29, 0.717) is 6.61 Å². The Morgan fingerprint density at radius 2 is 2.21 bits per heavy atom. The smallest absolute Gasteiger partial charge is 0.186 e. The molecule has 14 heavy (non-hydrogen) atoms. The van der Waals surface area contributed by atoms with Crippen molar-refractivity contribution in [1.29, 1.82) is 0 Å². The van der Waals surface area contributed by atoms with Gasteiger partial charge in [-0.1, -0.05) is 15.9 Å². The summed E-state index contributed by atoms with van der Waals surface area (Å²) in [5, 5.41) is 0. The molecule has 0 aromatic heterocycles. The summed E-state index contributed by atoms with van der Waals surface area (Å²) in [6.07, 6.45) is 4.33. The van der Waals surface area contributed by atoms with E-state index in [1.807, 2.05) is 12.1 Å². The van der Waals surface area contributed by atoms with E-state index in [0.717, 1.165) is 33.3 Å². The lowest BCUT2D eigenvalue weighted by Gasteiger charge is -2.06. The van der Waals surface area contributed by atoms with E-state index < -0.39 is 0 Å². The predicted molar refractivity (Wildman–Crippen MR) is 56.7 cm³/mol. The van der Waals surface area contributed by atoms with Crippen molar-refractivity contribution in [2.45, 2.75) is 6.42 Å². The molecule has 0 N–H and O–H groups in total. The number of fused-ring (bicyclic) bond motifs is 3. The van der Waals surface area contributed by atoms with E-state index in [9.17, 15) is 4.79 Å². The third kappa shape index (κ3) is 0.932. The van der Waals surface area contributed by atoms with E-state index in [4.69, 9.17) is 4.74 Å². The van der Waals surface area contributed by atoms with Gasteiger partial charge in [0.05, 0.1) is 6.61 Å². The standard InChI is InChI=1S/C11H7BrO2/c12-8-5-10-7(3-4-14-10)11-6(8)1-2-9(11)13/h1-2,5H,3-4H2. The van der Waals surface area contributed by atoms with E-state index in [2.05, 4.69) is 15.9 Å². The molecule has 0 fully saturated rings. The second kappa shape index (κ2) is 2.70. The first kappa shape index (κ1) is 8.24. The largest absolute Gasteiger partial charge is 0.493 e. The molecule has 0 saturated carbocycles. The molecule has 2 nitrogen and oxygen atoms in total. The zero-order valence-corrected chi connectivity index (χ0v) is 8.93. The summed E-state index contributed by atoms with van der Waals surface area (Å²) in [5.41, 5.74) is 2.89. The quantitative estimate of drug-likeness (QED) is 0.708. The maximum Gasteiger partial charge on any atom is 0.186 e. The Balaban J connectivity index is 2.37. The molecule has 1 heterocycles. The van der Waals surface area contributed by atoms with Crippen LogP contribution in [0.3, 0.4) is 0 Å². The Morgan fingerprint density at radius 1 is 1.36 bits per heavy atom. The average molecular weight is 251 g/mol. The molecule has 0 amide bonds. The second-order valence-electron chi connectivity index (χ2n) is 3.42. The number of halogens is 1. The van der Waals surface area contributed by atoms with Crippen LogP contribution >= 0.6 is 15.9 Å². The molecule has 0 saturated heterocycles. The van der Waals surface area contributed by atoms with Crippen LogP contribution in [0.4, 0.5) is 0 Å². The minimum atomic E-state index is 0.100. The van der Waals surface area contributed by atoms with Crippen LogP contribution in [0.25, 0.3) is 6.08 Å². The fourth-order valence-electron chi connectivity index (χ4n) is 2.01. The third-order valence-electron chi connectivity index (χ3n) is 2.64. The van der Waals surface area contributed by atoms with E-state index in [1.165, 1.54) is 0 Å². The lowest BCUT2D eigenvalue weighted by atomic mass is 10.0. The number of allylic oxidation sites excluding steroid dienone is 1. The number of benzene rings is 1. The zero-order valence-electron chi connectivity index (χ0n) is 7.34. The number of hydrogen-bond donors (Lipinski definition) is 0. The van der Waals surface area contributed by atoms with Gasteiger partial charge in [0.2, 0.25) is 0 Å². The van der Waals surface area contributed by atoms with Crippen molar-refractivity contribution < 1.29 is 9.53 Å². The number of carbonyl (C=O) groups excluding carboxylic acids is 1. The topological polar surface area (TPSA) is 26.3 Å². The Kier molecular flexibility index (Phi) is 1.59. The van der Waals surface area contributed by atoms with Gasteiger partial charge in [0.15, 0.2) is 5.78 Å². The highest BCUT2D eigenvalue weighted by atomic mass is 79.9. The summed E-state index contributed by atoms with van der Waals surface area (Å²) in [4.78, 5) is 11.6. The molecule has 1 aromatic carbocycles. The van der Waals surface area contributed by atoms with Gasteiger partial charge in [-0.25, -0.2) is 0 Å². The highest BCUT2D eigenvalue weighted by molar-refractivity contribution is 9.10. The SMILES string of the molecule is O=C1C=Cc2c(Br)cc3c(c21)CCO3. The van der Waals surface area contributed by atoms with Crippen LogP contribution in [0.1, 0.15) is 21.5 Å². The van der Waals surface area contributed by atoms with Crippen LogP contribution in [0.15, 0.2) is 16.6 Å². The molecule has 3 rings (SSSR count). The van der Waals surface area contributed by atoms with Gasteiger partial charge in [-0.15, -0.1) is 0 Å². The van der Waals surface area contributed by atoms with Crippen molar-refractivity contribution in [2.24, 2.45) is 0 Å². The summed E-state index contributed by atoms with van der Waals surface area (Å²) >= 11 is 3.44. The van der Waals surface area contributed by atoms with Gasteiger partial charge in [-0.2, -0.15) is 0 Å². The zero-order chi connectivity index (χ0) is 9.71. The molecule has 1 aliphatic carbocycles. The molecule has 0 atom stereocenters. The molecule has 70 valence electrons. The van der Waals surface area contributed by atoms with Gasteiger partial charge in [0.1, 0.15) is 5.75 Å². The minimum absolute atomic E-state index is 0.100. The molecule has 2 aliphatic rings. The summed E-state index contributed by atoms with van der Waals surface area (Å²) in [6.45, 7) is 0.686. The van der Waals surface area contributed by atoms with Crippen LogP contribution in [-0.4, -0.2) is 12.4 Å². The second-order valence-corrected chi connectivity index (χ2v) is 4.27. The minimum Gasteiger partial charge on any atom is -0.493 e. The predicted octanol–water partition coefficient (Wildman–Crippen LogP) is 2.59. The third-order valence-corrected chi connectivity index (χ3v) is 3.30. The number of hydrogen-bond acceptors (Lipinski definition) is 2. The molecule has 0 bridgehead atoms. The van der Waals surface area contributed by atoms with Crippen molar-refractivity contribution in [3.05, 3.63) is 33.3 Å². The maximum absolute atomic E-state index is 11.6. The molecule has 1 aromatic rings. The Morgan fingerprint density at radius 3 is 3.07 bits per heavy atom.